The molecule has 1 fully saturated rings. The summed E-state index contributed by atoms with van der Waals surface area (Å²) in [7, 11) is -1.98. The Morgan fingerprint density at radius 2 is 2.00 bits per heavy atom. The van der Waals surface area contributed by atoms with Gasteiger partial charge in [0.15, 0.2) is 0 Å². The van der Waals surface area contributed by atoms with Gasteiger partial charge < -0.3 is 9.47 Å². The molecule has 1 atom stereocenters. The number of aromatic nitrogens is 2. The molecule has 10 heteroatoms. The average molecular weight is 434 g/mol. The number of nitrogens with zero attached hydrogens (tertiary/aromatic N) is 3. The summed E-state index contributed by atoms with van der Waals surface area (Å²) < 4.78 is 38.7. The van der Waals surface area contributed by atoms with Crippen molar-refractivity contribution in [2.75, 3.05) is 20.2 Å². The van der Waals surface area contributed by atoms with Crippen molar-refractivity contribution in [3.8, 4) is 11.8 Å². The molecule has 0 radical (unpaired) electrons. The van der Waals surface area contributed by atoms with Gasteiger partial charge in [-0.05, 0) is 40.9 Å². The van der Waals surface area contributed by atoms with Crippen LogP contribution >= 0.6 is 27.3 Å². The van der Waals surface area contributed by atoms with Gasteiger partial charge in [-0.25, -0.2) is 8.42 Å². The molecule has 0 spiro atoms. The molecular weight excluding hydrogens is 418 g/mol. The minimum atomic E-state index is -3.49. The highest BCUT2D eigenvalue weighted by Gasteiger charge is 2.32. The lowest BCUT2D eigenvalue weighted by Crippen LogP contribution is -2.44. The Morgan fingerprint density at radius 1 is 1.25 bits per heavy atom. The highest BCUT2D eigenvalue weighted by atomic mass is 79.9. The number of halogens is 1. The fourth-order valence-corrected chi connectivity index (χ4v) is 6.11. The van der Waals surface area contributed by atoms with E-state index in [9.17, 15) is 8.42 Å². The summed E-state index contributed by atoms with van der Waals surface area (Å²) in [4.78, 5) is 0. The summed E-state index contributed by atoms with van der Waals surface area (Å²) in [5.41, 5.74) is 0. The van der Waals surface area contributed by atoms with E-state index >= 15 is 0 Å². The van der Waals surface area contributed by atoms with E-state index in [-0.39, 0.29) is 6.10 Å². The van der Waals surface area contributed by atoms with E-state index in [1.807, 2.05) is 0 Å². The number of sulfonamides is 1. The summed E-state index contributed by atoms with van der Waals surface area (Å²) in [5.74, 6) is 0.761. The van der Waals surface area contributed by atoms with Crippen molar-refractivity contribution in [1.29, 1.82) is 0 Å². The Hall–Kier alpha value is -1.23. The van der Waals surface area contributed by atoms with Gasteiger partial charge in [-0.3, -0.25) is 0 Å². The lowest BCUT2D eigenvalue weighted by atomic mass is 10.1. The first-order valence-corrected chi connectivity index (χ1v) is 10.3. The molecule has 3 heterocycles. The molecular formula is C14H16BrN3O4S2. The molecule has 24 heavy (non-hydrogen) atoms. The molecule has 0 saturated carbocycles. The molecule has 0 amide bonds. The van der Waals surface area contributed by atoms with Crippen molar-refractivity contribution in [1.82, 2.24) is 14.5 Å². The number of thiophene rings is 1. The number of rotatable bonds is 5. The van der Waals surface area contributed by atoms with Crippen LogP contribution in [0.4, 0.5) is 0 Å². The van der Waals surface area contributed by atoms with Crippen LogP contribution < -0.4 is 9.47 Å². The molecule has 0 bridgehead atoms. The van der Waals surface area contributed by atoms with E-state index in [1.54, 1.807) is 24.3 Å². The zero-order chi connectivity index (χ0) is 17.2. The average Bonchev–Trinajstić information content (AvgIpc) is 3.03. The normalized spacial score (nSPS) is 19.2. The summed E-state index contributed by atoms with van der Waals surface area (Å²) in [6.07, 6.45) is 1.26. The molecule has 3 rings (SSSR count). The third-order valence-corrected chi connectivity index (χ3v) is 7.55. The molecule has 0 aromatic carbocycles. The van der Waals surface area contributed by atoms with Crippen LogP contribution in [0.3, 0.4) is 0 Å². The number of ether oxygens (including phenoxy) is 2. The first-order chi connectivity index (χ1) is 11.5. The lowest BCUT2D eigenvalue weighted by molar-refractivity contribution is 0.123. The van der Waals surface area contributed by atoms with Gasteiger partial charge in [0.2, 0.25) is 11.8 Å². The van der Waals surface area contributed by atoms with E-state index < -0.39 is 10.0 Å². The van der Waals surface area contributed by atoms with Gasteiger partial charge in [-0.15, -0.1) is 21.5 Å². The summed E-state index contributed by atoms with van der Waals surface area (Å²) in [6, 6.07) is 6.67. The maximum absolute atomic E-state index is 12.7. The van der Waals surface area contributed by atoms with Crippen LogP contribution in [0.15, 0.2) is 32.3 Å². The van der Waals surface area contributed by atoms with Gasteiger partial charge in [0, 0.05) is 18.7 Å². The quantitative estimate of drug-likeness (QED) is 0.720. The summed E-state index contributed by atoms with van der Waals surface area (Å²) in [6.45, 7) is 0.789. The van der Waals surface area contributed by atoms with E-state index in [4.69, 9.17) is 9.47 Å². The Bertz CT molecular complexity index is 795. The summed E-state index contributed by atoms with van der Waals surface area (Å²) in [5, 5.41) is 7.77. The molecule has 2 aromatic rings. The minimum Gasteiger partial charge on any atom is -0.480 e. The van der Waals surface area contributed by atoms with Crippen LogP contribution in [0.2, 0.25) is 0 Å². The number of piperidine rings is 1. The third-order valence-electron chi connectivity index (χ3n) is 3.60. The van der Waals surface area contributed by atoms with Gasteiger partial charge in [0.05, 0.1) is 17.4 Å². The molecule has 1 unspecified atom stereocenters. The summed E-state index contributed by atoms with van der Waals surface area (Å²) >= 11 is 4.51. The molecule has 0 aliphatic carbocycles. The van der Waals surface area contributed by atoms with Crippen molar-refractivity contribution in [3.63, 3.8) is 0 Å². The molecule has 1 aliphatic heterocycles. The van der Waals surface area contributed by atoms with Crippen LogP contribution in [0.25, 0.3) is 0 Å². The van der Waals surface area contributed by atoms with Gasteiger partial charge in [0.25, 0.3) is 10.0 Å². The molecule has 0 N–H and O–H groups in total. The van der Waals surface area contributed by atoms with E-state index in [0.29, 0.717) is 29.1 Å². The largest absolute Gasteiger partial charge is 0.480 e. The number of methoxy groups -OCH3 is 1. The van der Waals surface area contributed by atoms with Crippen LogP contribution in [0.5, 0.6) is 11.8 Å². The molecule has 1 aliphatic rings. The zero-order valence-electron chi connectivity index (χ0n) is 12.9. The smallest absolute Gasteiger partial charge is 0.252 e. The Balaban J connectivity index is 1.69. The van der Waals surface area contributed by atoms with E-state index in [2.05, 4.69) is 26.1 Å². The fraction of sp³-hybridized carbons (Fsp3) is 0.429. The highest BCUT2D eigenvalue weighted by molar-refractivity contribution is 9.11. The second-order valence-corrected chi connectivity index (χ2v) is 9.85. The zero-order valence-corrected chi connectivity index (χ0v) is 16.1. The SMILES string of the molecule is COc1ccc(OC2CCCN(S(=O)(=O)c3ccc(Br)s3)C2)nn1. The second kappa shape index (κ2) is 7.34. The van der Waals surface area contributed by atoms with Crippen molar-refractivity contribution in [3.05, 3.63) is 28.1 Å². The van der Waals surface area contributed by atoms with Crippen LogP contribution in [0.1, 0.15) is 12.8 Å². The fourth-order valence-electron chi connectivity index (χ4n) is 2.43. The van der Waals surface area contributed by atoms with Crippen LogP contribution in [-0.2, 0) is 10.0 Å². The minimum absolute atomic E-state index is 0.250. The predicted molar refractivity (Wildman–Crippen MR) is 93.0 cm³/mol. The monoisotopic (exact) mass is 433 g/mol. The lowest BCUT2D eigenvalue weighted by Gasteiger charge is -2.31. The highest BCUT2D eigenvalue weighted by Crippen LogP contribution is 2.30. The first kappa shape index (κ1) is 17.6. The van der Waals surface area contributed by atoms with Crippen molar-refractivity contribution < 1.29 is 17.9 Å². The van der Waals surface area contributed by atoms with Crippen molar-refractivity contribution in [2.45, 2.75) is 23.2 Å². The number of hydrogen-bond donors (Lipinski definition) is 0. The standard InChI is InChI=1S/C14H16BrN3O4S2/c1-21-12-5-6-13(17-16-12)22-10-3-2-8-18(9-10)24(19,20)14-7-4-11(15)23-14/h4-7,10H,2-3,8-9H2,1H3. The van der Waals surface area contributed by atoms with Crippen LogP contribution in [-0.4, -0.2) is 49.2 Å². The topological polar surface area (TPSA) is 81.6 Å². The maximum atomic E-state index is 12.7. The Morgan fingerprint density at radius 3 is 2.62 bits per heavy atom. The molecule has 1 saturated heterocycles. The molecule has 130 valence electrons. The second-order valence-electron chi connectivity index (χ2n) is 5.22. The van der Waals surface area contributed by atoms with Gasteiger partial charge in [-0.1, -0.05) is 0 Å². The van der Waals surface area contributed by atoms with Gasteiger partial charge in [0.1, 0.15) is 10.3 Å². The number of hydrogen-bond acceptors (Lipinski definition) is 7. The third kappa shape index (κ3) is 3.88. The van der Waals surface area contributed by atoms with Gasteiger partial charge in [-0.2, -0.15) is 4.31 Å². The Kier molecular flexibility index (Phi) is 5.38. The van der Waals surface area contributed by atoms with Crippen molar-refractivity contribution in [2.24, 2.45) is 0 Å². The Labute approximate surface area is 152 Å². The van der Waals surface area contributed by atoms with Crippen molar-refractivity contribution >= 4 is 37.3 Å². The van der Waals surface area contributed by atoms with Gasteiger partial charge >= 0.3 is 0 Å². The first-order valence-electron chi connectivity index (χ1n) is 7.29. The van der Waals surface area contributed by atoms with E-state index in [1.165, 1.54) is 22.8 Å². The molecule has 7 nitrogen and oxygen atoms in total. The molecule has 2 aromatic heterocycles. The van der Waals surface area contributed by atoms with E-state index in [0.717, 1.165) is 16.6 Å². The van der Waals surface area contributed by atoms with Crippen LogP contribution in [0, 0.1) is 0 Å². The predicted octanol–water partition coefficient (Wildman–Crippen LogP) is 2.54. The maximum Gasteiger partial charge on any atom is 0.252 e.